The summed E-state index contributed by atoms with van der Waals surface area (Å²) in [4.78, 5) is 26.6. The molecule has 0 bridgehead atoms. The molecule has 0 radical (unpaired) electrons. The predicted octanol–water partition coefficient (Wildman–Crippen LogP) is 15.4. The second kappa shape index (κ2) is 55.6. The molecule has 1 rings (SSSR count). The molecular formula is C69H115NO10. The van der Waals surface area contributed by atoms with Gasteiger partial charge in [-0.3, -0.25) is 9.59 Å². The molecule has 0 aromatic rings. The molecule has 80 heavy (non-hydrogen) atoms. The highest BCUT2D eigenvalue weighted by molar-refractivity contribution is 5.80. The van der Waals surface area contributed by atoms with Crippen LogP contribution in [0, 0.1) is 0 Å². The first-order chi connectivity index (χ1) is 39.2. The molecule has 1 amide bonds. The van der Waals surface area contributed by atoms with E-state index in [0.717, 1.165) is 89.9 Å². The number of unbranched alkanes of at least 4 members (excludes halogenated alkanes) is 25. The molecule has 0 aromatic heterocycles. The van der Waals surface area contributed by atoms with Gasteiger partial charge in [-0.15, -0.1) is 0 Å². The maximum atomic E-state index is 13.4. The molecule has 0 aromatic carbocycles. The number of aliphatic hydroxyl groups excluding tert-OH is 5. The highest BCUT2D eigenvalue weighted by atomic mass is 16.7. The van der Waals surface area contributed by atoms with Crippen molar-refractivity contribution in [1.29, 1.82) is 0 Å². The van der Waals surface area contributed by atoms with Gasteiger partial charge >= 0.3 is 5.97 Å². The number of nitrogens with one attached hydrogen (secondary N) is 1. The van der Waals surface area contributed by atoms with Crippen LogP contribution in [0.15, 0.2) is 122 Å². The zero-order valence-corrected chi connectivity index (χ0v) is 50.4. The Morgan fingerprint density at radius 2 is 0.950 bits per heavy atom. The number of carbonyl (C=O) groups excluding carboxylic acids is 2. The zero-order chi connectivity index (χ0) is 58.2. The summed E-state index contributed by atoms with van der Waals surface area (Å²) in [5, 5.41) is 57.0. The van der Waals surface area contributed by atoms with Gasteiger partial charge in [0.25, 0.3) is 0 Å². The number of esters is 1. The zero-order valence-electron chi connectivity index (χ0n) is 50.4. The lowest BCUT2D eigenvalue weighted by molar-refractivity contribution is -0.305. The lowest BCUT2D eigenvalue weighted by atomic mass is 9.99. The minimum Gasteiger partial charge on any atom is -0.454 e. The first-order valence-corrected chi connectivity index (χ1v) is 31.9. The van der Waals surface area contributed by atoms with Crippen LogP contribution < -0.4 is 5.32 Å². The van der Waals surface area contributed by atoms with E-state index in [1.807, 2.05) is 72.9 Å². The van der Waals surface area contributed by atoms with E-state index in [-0.39, 0.29) is 19.4 Å². The highest BCUT2D eigenvalue weighted by Gasteiger charge is 2.47. The largest absolute Gasteiger partial charge is 0.454 e. The molecule has 11 heteroatoms. The van der Waals surface area contributed by atoms with Crippen molar-refractivity contribution in [1.82, 2.24) is 5.32 Å². The van der Waals surface area contributed by atoms with Gasteiger partial charge in [-0.2, -0.15) is 0 Å². The Hall–Kier alpha value is -3.94. The maximum Gasteiger partial charge on any atom is 0.306 e. The van der Waals surface area contributed by atoms with E-state index in [4.69, 9.17) is 14.2 Å². The second-order valence-corrected chi connectivity index (χ2v) is 21.6. The maximum absolute atomic E-state index is 13.4. The van der Waals surface area contributed by atoms with E-state index >= 15 is 0 Å². The van der Waals surface area contributed by atoms with Crippen molar-refractivity contribution in [3.05, 3.63) is 122 Å². The molecule has 456 valence electrons. The van der Waals surface area contributed by atoms with Crippen LogP contribution in [0.25, 0.3) is 0 Å². The van der Waals surface area contributed by atoms with Gasteiger partial charge in [0, 0.05) is 6.42 Å². The van der Waals surface area contributed by atoms with Gasteiger partial charge in [-0.05, 0) is 83.5 Å². The third-order valence-electron chi connectivity index (χ3n) is 14.3. The minimum absolute atomic E-state index is 0.106. The number of ether oxygens (including phenoxy) is 3. The Morgan fingerprint density at radius 1 is 0.512 bits per heavy atom. The predicted molar refractivity (Wildman–Crippen MR) is 333 cm³/mol. The molecule has 1 aliphatic heterocycles. The third-order valence-corrected chi connectivity index (χ3v) is 14.3. The second-order valence-electron chi connectivity index (χ2n) is 21.6. The quantitative estimate of drug-likeness (QED) is 0.0149. The summed E-state index contributed by atoms with van der Waals surface area (Å²) in [6.07, 6.45) is 66.6. The van der Waals surface area contributed by atoms with E-state index in [1.54, 1.807) is 6.08 Å². The smallest absolute Gasteiger partial charge is 0.306 e. The van der Waals surface area contributed by atoms with Crippen molar-refractivity contribution in [3.63, 3.8) is 0 Å². The highest BCUT2D eigenvalue weighted by Crippen LogP contribution is 2.26. The number of carbonyl (C=O) groups is 2. The fraction of sp³-hybridized carbons (Fsp3) is 0.681. The number of rotatable bonds is 52. The Morgan fingerprint density at radius 3 is 1.49 bits per heavy atom. The molecular weight excluding hydrogens is 1000 g/mol. The van der Waals surface area contributed by atoms with Gasteiger partial charge in [0.05, 0.1) is 25.4 Å². The van der Waals surface area contributed by atoms with Crippen LogP contribution in [0.5, 0.6) is 0 Å². The van der Waals surface area contributed by atoms with Crippen molar-refractivity contribution in [3.8, 4) is 0 Å². The van der Waals surface area contributed by atoms with E-state index in [2.05, 4.69) is 68.6 Å². The summed E-state index contributed by atoms with van der Waals surface area (Å²) in [7, 11) is 0. The summed E-state index contributed by atoms with van der Waals surface area (Å²) in [5.41, 5.74) is 0. The summed E-state index contributed by atoms with van der Waals surface area (Å²) in [5.74, 6) is -1.25. The first-order valence-electron chi connectivity index (χ1n) is 31.9. The average Bonchev–Trinajstić information content (AvgIpc) is 3.46. The Bertz CT molecular complexity index is 1760. The van der Waals surface area contributed by atoms with Gasteiger partial charge < -0.3 is 45.1 Å². The molecule has 1 aliphatic rings. The number of amides is 1. The van der Waals surface area contributed by atoms with Crippen LogP contribution in [0.1, 0.15) is 239 Å². The van der Waals surface area contributed by atoms with Gasteiger partial charge in [0.1, 0.15) is 24.4 Å². The molecule has 6 N–H and O–H groups in total. The van der Waals surface area contributed by atoms with Crippen molar-refractivity contribution >= 4 is 11.9 Å². The van der Waals surface area contributed by atoms with E-state index < -0.39 is 67.4 Å². The van der Waals surface area contributed by atoms with Crippen LogP contribution in [0.2, 0.25) is 0 Å². The Labute approximate surface area is 487 Å². The fourth-order valence-electron chi connectivity index (χ4n) is 9.22. The molecule has 11 nitrogen and oxygen atoms in total. The van der Waals surface area contributed by atoms with Crippen LogP contribution in [-0.2, 0) is 23.8 Å². The molecule has 8 atom stereocenters. The molecule has 0 spiro atoms. The molecule has 1 heterocycles. The normalized spacial score (nSPS) is 19.6. The monoisotopic (exact) mass is 1120 g/mol. The fourth-order valence-corrected chi connectivity index (χ4v) is 9.22. The van der Waals surface area contributed by atoms with Gasteiger partial charge in [-0.25, -0.2) is 0 Å². The molecule has 0 saturated carbocycles. The minimum atomic E-state index is -1.63. The number of aliphatic hydroxyl groups is 5. The number of hydrogen-bond donors (Lipinski definition) is 6. The molecule has 8 unspecified atom stereocenters. The van der Waals surface area contributed by atoms with Crippen LogP contribution in [-0.4, -0.2) is 99.6 Å². The van der Waals surface area contributed by atoms with Crippen molar-refractivity contribution in [2.45, 2.75) is 288 Å². The number of allylic oxidation sites excluding steroid dienone is 19. The van der Waals surface area contributed by atoms with Crippen molar-refractivity contribution in [2.75, 3.05) is 13.2 Å². The summed E-state index contributed by atoms with van der Waals surface area (Å²) < 4.78 is 17.6. The number of hydrogen-bond acceptors (Lipinski definition) is 10. The van der Waals surface area contributed by atoms with Crippen LogP contribution in [0.3, 0.4) is 0 Å². The summed E-state index contributed by atoms with van der Waals surface area (Å²) >= 11 is 0. The molecule has 1 saturated heterocycles. The van der Waals surface area contributed by atoms with Gasteiger partial charge in [0.15, 0.2) is 12.4 Å². The van der Waals surface area contributed by atoms with Crippen LogP contribution in [0.4, 0.5) is 0 Å². The standard InChI is InChI=1S/C69H115NO10/c1-4-7-10-13-16-19-22-25-27-29-30-31-32-33-34-35-37-39-42-45-48-51-54-57-64(74)80-67-66(76)65(75)63(58-71)79-69(67)78-59-60(61(72)55-52-49-46-43-40-24-21-18-15-12-9-6-3)70-68(77)62(73)56-53-50-47-44-41-38-36-28-26-23-20-17-14-11-8-5-2/h8,11,14,16-17,19-20,23,25-28,30-31,36,38,41,44,52,55,60-63,65-67,69,71-73,75-76H,4-7,9-10,12-13,15,18,21-22,24,29,32-35,37,39-40,42-43,45-51,53-54,56-59H2,1-3H3,(H,70,77)/b11-8-,17-14+,19-16-,23-20+,27-25-,28-26-,31-30-,38-36+,44-41+,55-52+. The van der Waals surface area contributed by atoms with Gasteiger partial charge in [0.2, 0.25) is 5.91 Å². The van der Waals surface area contributed by atoms with Gasteiger partial charge in [-0.1, -0.05) is 271 Å². The topological polar surface area (TPSA) is 175 Å². The summed E-state index contributed by atoms with van der Waals surface area (Å²) in [6.45, 7) is 5.58. The van der Waals surface area contributed by atoms with E-state index in [0.29, 0.717) is 12.8 Å². The Balaban J connectivity index is 2.67. The van der Waals surface area contributed by atoms with Crippen LogP contribution >= 0.6 is 0 Å². The lowest BCUT2D eigenvalue weighted by Crippen LogP contribution is -2.61. The van der Waals surface area contributed by atoms with Crippen molar-refractivity contribution in [2.24, 2.45) is 0 Å². The third kappa shape index (κ3) is 42.8. The van der Waals surface area contributed by atoms with E-state index in [9.17, 15) is 35.1 Å². The lowest BCUT2D eigenvalue weighted by Gasteiger charge is -2.41. The average molecular weight is 1120 g/mol. The van der Waals surface area contributed by atoms with E-state index in [1.165, 1.54) is 103 Å². The summed E-state index contributed by atoms with van der Waals surface area (Å²) in [6, 6.07) is -1.06. The Kier molecular flexibility index (Phi) is 51.5. The first kappa shape index (κ1) is 74.1. The SMILES string of the molecule is CC\C=C/C=C/C=C/C=C\C=C\C=C\CCCCC(O)C(=O)NC(COC1OC(CO)C(O)C(O)C1OC(=O)CCCCCCCCCCCC/C=C\C/C=C\C/C=C\CCCCC)C(O)/C=C/CCCCCCCCCCCC. The molecule has 0 aliphatic carbocycles. The van der Waals surface area contributed by atoms with Crippen molar-refractivity contribution < 1.29 is 49.3 Å². The molecule has 1 fully saturated rings.